The molecule has 0 atom stereocenters. The molecular formula is C20H28F3NO5S. The Morgan fingerprint density at radius 3 is 2.07 bits per heavy atom. The fourth-order valence-corrected chi connectivity index (χ4v) is 4.73. The summed E-state index contributed by atoms with van der Waals surface area (Å²) in [7, 11) is -2.48. The fourth-order valence-electron chi connectivity index (χ4n) is 3.31. The predicted octanol–water partition coefficient (Wildman–Crippen LogP) is 4.00. The van der Waals surface area contributed by atoms with E-state index in [0.717, 1.165) is 24.3 Å². The highest BCUT2D eigenvalue weighted by molar-refractivity contribution is 7.89. The summed E-state index contributed by atoms with van der Waals surface area (Å²) in [6.07, 6.45) is -2.51. The molecule has 0 amide bonds. The summed E-state index contributed by atoms with van der Waals surface area (Å²) < 4.78 is 75.6. The third kappa shape index (κ3) is 6.68. The number of benzene rings is 1. The van der Waals surface area contributed by atoms with Crippen molar-refractivity contribution in [3.8, 4) is 0 Å². The van der Waals surface area contributed by atoms with Crippen molar-refractivity contribution in [3.05, 3.63) is 29.8 Å². The highest BCUT2D eigenvalue weighted by Gasteiger charge is 2.34. The molecule has 1 aromatic rings. The summed E-state index contributed by atoms with van der Waals surface area (Å²) in [4.78, 5) is 11.6. The quantitative estimate of drug-likeness (QED) is 0.612. The molecule has 0 aromatic heterocycles. The molecule has 170 valence electrons. The SMILES string of the molecule is CN([C@H]1CC[C@H](OCC(=O)OC(C)(C)C)CC1)S(=O)(=O)c1ccc(C(F)(F)F)cc1. The highest BCUT2D eigenvalue weighted by Crippen LogP contribution is 2.32. The van der Waals surface area contributed by atoms with E-state index in [9.17, 15) is 26.4 Å². The number of carbonyl (C=O) groups excluding carboxylic acids is 1. The first kappa shape index (κ1) is 24.6. The van der Waals surface area contributed by atoms with Gasteiger partial charge in [-0.05, 0) is 70.7 Å². The van der Waals surface area contributed by atoms with Gasteiger partial charge in [-0.25, -0.2) is 13.2 Å². The van der Waals surface area contributed by atoms with Crippen LogP contribution in [0.1, 0.15) is 52.0 Å². The number of esters is 1. The molecule has 0 saturated heterocycles. The molecule has 2 rings (SSSR count). The average Bonchev–Trinajstić information content (AvgIpc) is 2.64. The van der Waals surface area contributed by atoms with Crippen molar-refractivity contribution in [2.45, 2.75) is 75.3 Å². The summed E-state index contributed by atoms with van der Waals surface area (Å²) in [6.45, 7) is 5.14. The number of carbonyl (C=O) groups is 1. The van der Waals surface area contributed by atoms with Crippen LogP contribution in [-0.4, -0.2) is 50.1 Å². The van der Waals surface area contributed by atoms with Gasteiger partial charge in [-0.3, -0.25) is 0 Å². The Morgan fingerprint density at radius 1 is 1.07 bits per heavy atom. The van der Waals surface area contributed by atoms with E-state index in [2.05, 4.69) is 0 Å². The molecule has 0 unspecified atom stereocenters. The molecule has 0 aliphatic heterocycles. The van der Waals surface area contributed by atoms with Gasteiger partial charge < -0.3 is 9.47 Å². The van der Waals surface area contributed by atoms with Crippen molar-refractivity contribution < 1.29 is 35.9 Å². The largest absolute Gasteiger partial charge is 0.458 e. The molecule has 0 N–H and O–H groups in total. The summed E-state index contributed by atoms with van der Waals surface area (Å²) in [5, 5.41) is 0. The van der Waals surface area contributed by atoms with Crippen LogP contribution in [0.25, 0.3) is 0 Å². The Morgan fingerprint density at radius 2 is 1.60 bits per heavy atom. The average molecular weight is 452 g/mol. The number of alkyl halides is 3. The first-order valence-electron chi connectivity index (χ1n) is 9.69. The van der Waals surface area contributed by atoms with E-state index < -0.39 is 33.3 Å². The van der Waals surface area contributed by atoms with Gasteiger partial charge in [0.25, 0.3) is 0 Å². The molecule has 0 bridgehead atoms. The van der Waals surface area contributed by atoms with Crippen LogP contribution in [0, 0.1) is 0 Å². The molecular weight excluding hydrogens is 423 g/mol. The summed E-state index contributed by atoms with van der Waals surface area (Å²) >= 11 is 0. The molecule has 6 nitrogen and oxygen atoms in total. The van der Waals surface area contributed by atoms with Gasteiger partial charge in [0.2, 0.25) is 10.0 Å². The van der Waals surface area contributed by atoms with E-state index in [4.69, 9.17) is 9.47 Å². The topological polar surface area (TPSA) is 72.9 Å². The molecule has 0 spiro atoms. The molecule has 1 aliphatic rings. The zero-order chi connectivity index (χ0) is 22.7. The molecule has 1 fully saturated rings. The third-order valence-electron chi connectivity index (χ3n) is 4.87. The minimum absolute atomic E-state index is 0.160. The van der Waals surface area contributed by atoms with E-state index in [0.29, 0.717) is 25.7 Å². The molecule has 30 heavy (non-hydrogen) atoms. The second kappa shape index (κ2) is 9.23. The maximum atomic E-state index is 12.8. The molecule has 1 saturated carbocycles. The normalized spacial score (nSPS) is 20.9. The Bertz CT molecular complexity index is 823. The van der Waals surface area contributed by atoms with Crippen molar-refractivity contribution in [1.29, 1.82) is 0 Å². The van der Waals surface area contributed by atoms with Crippen LogP contribution in [0.4, 0.5) is 13.2 Å². The maximum Gasteiger partial charge on any atom is 0.416 e. The highest BCUT2D eigenvalue weighted by atomic mass is 32.2. The van der Waals surface area contributed by atoms with Crippen LogP contribution < -0.4 is 0 Å². The van der Waals surface area contributed by atoms with Crippen molar-refractivity contribution in [2.75, 3.05) is 13.7 Å². The standard InChI is InChI=1S/C20H28F3NO5S/c1-19(2,3)29-18(25)13-28-16-9-7-15(8-10-16)24(4)30(26,27)17-11-5-14(6-12-17)20(21,22)23/h5-6,11-12,15-16H,7-10,13H2,1-4H3/t15-,16-. The van der Waals surface area contributed by atoms with Crippen LogP contribution >= 0.6 is 0 Å². The zero-order valence-corrected chi connectivity index (χ0v) is 18.3. The van der Waals surface area contributed by atoms with Gasteiger partial charge in [0.05, 0.1) is 16.6 Å². The monoisotopic (exact) mass is 451 g/mol. The van der Waals surface area contributed by atoms with E-state index >= 15 is 0 Å². The first-order valence-corrected chi connectivity index (χ1v) is 11.1. The van der Waals surface area contributed by atoms with Gasteiger partial charge in [0.15, 0.2) is 0 Å². The summed E-state index contributed by atoms with van der Waals surface area (Å²) in [5.41, 5.74) is -1.49. The second-order valence-corrected chi connectivity index (χ2v) is 10.4. The van der Waals surface area contributed by atoms with Crippen LogP contribution in [0.3, 0.4) is 0 Å². The number of ether oxygens (including phenoxy) is 2. The number of hydrogen-bond donors (Lipinski definition) is 0. The van der Waals surface area contributed by atoms with E-state index in [1.165, 1.54) is 11.4 Å². The van der Waals surface area contributed by atoms with Crippen LogP contribution in [0.2, 0.25) is 0 Å². The van der Waals surface area contributed by atoms with E-state index in [1.807, 2.05) is 0 Å². The lowest BCUT2D eigenvalue weighted by molar-refractivity contribution is -0.163. The molecule has 1 aromatic carbocycles. The third-order valence-corrected chi connectivity index (χ3v) is 6.80. The number of rotatable bonds is 6. The summed E-state index contributed by atoms with van der Waals surface area (Å²) in [6, 6.07) is 3.19. The van der Waals surface area contributed by atoms with Gasteiger partial charge in [0.1, 0.15) is 12.2 Å². The Kier molecular flexibility index (Phi) is 7.58. The Hall–Kier alpha value is -1.65. The summed E-state index contributed by atoms with van der Waals surface area (Å²) in [5.74, 6) is -0.452. The Balaban J connectivity index is 1.91. The van der Waals surface area contributed by atoms with Crippen molar-refractivity contribution >= 4 is 16.0 Å². The number of hydrogen-bond acceptors (Lipinski definition) is 5. The molecule has 0 heterocycles. The minimum atomic E-state index is -4.52. The number of nitrogens with zero attached hydrogens (tertiary/aromatic N) is 1. The maximum absolute atomic E-state index is 12.8. The molecule has 1 aliphatic carbocycles. The zero-order valence-electron chi connectivity index (χ0n) is 17.5. The lowest BCUT2D eigenvalue weighted by Crippen LogP contribution is -2.41. The lowest BCUT2D eigenvalue weighted by Gasteiger charge is -2.34. The minimum Gasteiger partial charge on any atom is -0.458 e. The predicted molar refractivity (Wildman–Crippen MR) is 104 cm³/mol. The van der Waals surface area contributed by atoms with Crippen molar-refractivity contribution in [3.63, 3.8) is 0 Å². The van der Waals surface area contributed by atoms with Crippen molar-refractivity contribution in [2.24, 2.45) is 0 Å². The Labute approximate surface area is 175 Å². The lowest BCUT2D eigenvalue weighted by atomic mass is 9.93. The molecule has 10 heteroatoms. The number of sulfonamides is 1. The van der Waals surface area contributed by atoms with Gasteiger partial charge in [0, 0.05) is 13.1 Å². The number of halogens is 3. The van der Waals surface area contributed by atoms with Gasteiger partial charge in [-0.1, -0.05) is 0 Å². The van der Waals surface area contributed by atoms with E-state index in [-0.39, 0.29) is 23.6 Å². The van der Waals surface area contributed by atoms with Gasteiger partial charge >= 0.3 is 12.1 Å². The van der Waals surface area contributed by atoms with Crippen molar-refractivity contribution in [1.82, 2.24) is 4.31 Å². The molecule has 0 radical (unpaired) electrons. The van der Waals surface area contributed by atoms with Crippen LogP contribution in [0.5, 0.6) is 0 Å². The first-order chi connectivity index (χ1) is 13.7. The van der Waals surface area contributed by atoms with Crippen LogP contribution in [0.15, 0.2) is 29.2 Å². The van der Waals surface area contributed by atoms with Gasteiger partial charge in [-0.2, -0.15) is 17.5 Å². The fraction of sp³-hybridized carbons (Fsp3) is 0.650. The van der Waals surface area contributed by atoms with Gasteiger partial charge in [-0.15, -0.1) is 0 Å². The smallest absolute Gasteiger partial charge is 0.416 e. The van der Waals surface area contributed by atoms with Crippen LogP contribution in [-0.2, 0) is 30.5 Å². The second-order valence-electron chi connectivity index (χ2n) is 8.37. The van der Waals surface area contributed by atoms with E-state index in [1.54, 1.807) is 20.8 Å².